The Morgan fingerprint density at radius 3 is 2.63 bits per heavy atom. The Balaban J connectivity index is 1.83. The second-order valence-electron chi connectivity index (χ2n) is 8.07. The molecule has 0 heterocycles. The van der Waals surface area contributed by atoms with Gasteiger partial charge in [0.2, 0.25) is 0 Å². The van der Waals surface area contributed by atoms with E-state index in [0.29, 0.717) is 5.92 Å². The molecule has 2 aliphatic rings. The summed E-state index contributed by atoms with van der Waals surface area (Å²) >= 11 is 2.43. The second kappa shape index (κ2) is 6.94. The van der Waals surface area contributed by atoms with Crippen LogP contribution in [0.1, 0.15) is 48.1 Å². The molecular formula is C26H25I. The van der Waals surface area contributed by atoms with Gasteiger partial charge < -0.3 is 0 Å². The second-order valence-corrected chi connectivity index (χ2v) is 9.23. The fourth-order valence-corrected chi connectivity index (χ4v) is 5.14. The van der Waals surface area contributed by atoms with E-state index in [4.69, 9.17) is 0 Å². The summed E-state index contributed by atoms with van der Waals surface area (Å²) < 4.78 is 1.31. The fraction of sp³-hybridized carbons (Fsp3) is 0.231. The lowest BCUT2D eigenvalue weighted by atomic mass is 9.72. The van der Waals surface area contributed by atoms with Gasteiger partial charge in [0.1, 0.15) is 0 Å². The van der Waals surface area contributed by atoms with Crippen LogP contribution in [0.25, 0.3) is 17.2 Å². The van der Waals surface area contributed by atoms with Gasteiger partial charge in [0.25, 0.3) is 0 Å². The number of rotatable bonds is 3. The summed E-state index contributed by atoms with van der Waals surface area (Å²) in [6.07, 6.45) is 11.9. The Morgan fingerprint density at radius 2 is 1.85 bits per heavy atom. The van der Waals surface area contributed by atoms with Crippen LogP contribution in [-0.2, 0) is 5.41 Å². The first-order valence-electron chi connectivity index (χ1n) is 9.54. The molecule has 0 aromatic heterocycles. The maximum Gasteiger partial charge on any atom is 0.0165 e. The van der Waals surface area contributed by atoms with Gasteiger partial charge in [0.05, 0.1) is 0 Å². The quantitative estimate of drug-likeness (QED) is 0.325. The van der Waals surface area contributed by atoms with Crippen molar-refractivity contribution in [2.75, 3.05) is 0 Å². The Morgan fingerprint density at radius 1 is 1.07 bits per heavy atom. The molecule has 0 bridgehead atoms. The molecule has 1 atom stereocenters. The van der Waals surface area contributed by atoms with Crippen molar-refractivity contribution in [3.8, 4) is 0 Å². The highest BCUT2D eigenvalue weighted by Crippen LogP contribution is 2.54. The molecule has 0 amide bonds. The summed E-state index contributed by atoms with van der Waals surface area (Å²) in [5, 5.41) is 0. The van der Waals surface area contributed by atoms with E-state index in [1.807, 2.05) is 12.2 Å². The first kappa shape index (κ1) is 18.5. The topological polar surface area (TPSA) is 0 Å². The van der Waals surface area contributed by atoms with Crippen LogP contribution >= 0.6 is 22.6 Å². The Bertz CT molecular complexity index is 1010. The van der Waals surface area contributed by atoms with Crippen LogP contribution in [0.5, 0.6) is 0 Å². The first-order chi connectivity index (χ1) is 12.9. The van der Waals surface area contributed by atoms with Gasteiger partial charge in [-0.15, -0.1) is 0 Å². The molecule has 1 unspecified atom stereocenters. The molecule has 2 aliphatic carbocycles. The lowest BCUT2D eigenvalue weighted by Gasteiger charge is -2.32. The van der Waals surface area contributed by atoms with Crippen LogP contribution in [0.4, 0.5) is 0 Å². The molecular weight excluding hydrogens is 439 g/mol. The van der Waals surface area contributed by atoms with E-state index < -0.39 is 0 Å². The number of fused-ring (bicyclic) bond motifs is 3. The molecule has 0 saturated heterocycles. The summed E-state index contributed by atoms with van der Waals surface area (Å²) in [5.74, 6) is 0.533. The van der Waals surface area contributed by atoms with Gasteiger partial charge in [-0.2, -0.15) is 0 Å². The molecule has 2 aromatic rings. The molecule has 0 fully saturated rings. The van der Waals surface area contributed by atoms with Crippen molar-refractivity contribution in [1.82, 2.24) is 0 Å². The largest absolute Gasteiger partial charge is 0.0991 e. The molecule has 0 N–H and O–H groups in total. The zero-order valence-corrected chi connectivity index (χ0v) is 18.4. The summed E-state index contributed by atoms with van der Waals surface area (Å²) in [6, 6.07) is 13.5. The molecule has 2 aromatic carbocycles. The van der Waals surface area contributed by atoms with Crippen molar-refractivity contribution in [1.29, 1.82) is 0 Å². The summed E-state index contributed by atoms with van der Waals surface area (Å²) in [4.78, 5) is 0. The van der Waals surface area contributed by atoms with E-state index in [2.05, 4.69) is 105 Å². The van der Waals surface area contributed by atoms with Crippen LogP contribution in [0.15, 0.2) is 67.3 Å². The molecule has 0 spiro atoms. The minimum atomic E-state index is 0.164. The van der Waals surface area contributed by atoms with E-state index in [1.165, 1.54) is 42.5 Å². The molecule has 0 radical (unpaired) electrons. The average Bonchev–Trinajstić information content (AvgIpc) is 2.90. The zero-order valence-electron chi connectivity index (χ0n) is 16.2. The van der Waals surface area contributed by atoms with Crippen molar-refractivity contribution in [3.05, 3.63) is 98.7 Å². The molecule has 0 aliphatic heterocycles. The number of benzene rings is 2. The minimum absolute atomic E-state index is 0.164. The highest BCUT2D eigenvalue weighted by molar-refractivity contribution is 14.1. The summed E-state index contributed by atoms with van der Waals surface area (Å²) in [6.45, 7) is 10.9. The predicted molar refractivity (Wildman–Crippen MR) is 127 cm³/mol. The number of hydrogen-bond acceptors (Lipinski definition) is 0. The van der Waals surface area contributed by atoms with E-state index in [1.54, 1.807) is 0 Å². The molecule has 27 heavy (non-hydrogen) atoms. The molecule has 0 nitrogen and oxygen atoms in total. The standard InChI is InChI=1S/C26H25I/c1-5-6-9-19-17(2)25(27)15-14-20(19)18-12-13-22-21-10-7-8-11-23(21)26(3,4)24(22)16-18/h5-15,24H,1,16H2,2-4H3/b9-6-. The van der Waals surface area contributed by atoms with Gasteiger partial charge in [0, 0.05) is 3.57 Å². The van der Waals surface area contributed by atoms with Crippen molar-refractivity contribution < 1.29 is 0 Å². The maximum absolute atomic E-state index is 3.84. The Kier molecular flexibility index (Phi) is 4.75. The monoisotopic (exact) mass is 464 g/mol. The van der Waals surface area contributed by atoms with Gasteiger partial charge in [0.15, 0.2) is 0 Å². The minimum Gasteiger partial charge on any atom is -0.0991 e. The number of hydrogen-bond donors (Lipinski definition) is 0. The van der Waals surface area contributed by atoms with Crippen LogP contribution in [0.2, 0.25) is 0 Å². The average molecular weight is 464 g/mol. The third-order valence-corrected chi connectivity index (χ3v) is 7.43. The van der Waals surface area contributed by atoms with Crippen molar-refractivity contribution in [2.24, 2.45) is 5.92 Å². The van der Waals surface area contributed by atoms with Gasteiger partial charge in [-0.05, 0) is 92.3 Å². The van der Waals surface area contributed by atoms with E-state index in [-0.39, 0.29) is 5.41 Å². The molecule has 1 heteroatoms. The Hall–Kier alpha value is -1.87. The molecule has 4 rings (SSSR count). The van der Waals surface area contributed by atoms with Crippen molar-refractivity contribution >= 4 is 39.8 Å². The number of halogens is 1. The van der Waals surface area contributed by atoms with Crippen LogP contribution < -0.4 is 0 Å². The summed E-state index contributed by atoms with van der Waals surface area (Å²) in [7, 11) is 0. The SMILES string of the molecule is C=C/C=C\c1c(C2=CC=C3c4ccccc4C(C)(C)C3C2)ccc(I)c1C. The highest BCUT2D eigenvalue weighted by atomic mass is 127. The van der Waals surface area contributed by atoms with Gasteiger partial charge in [-0.25, -0.2) is 0 Å². The maximum atomic E-state index is 3.84. The fourth-order valence-electron chi connectivity index (χ4n) is 4.67. The van der Waals surface area contributed by atoms with Gasteiger partial charge >= 0.3 is 0 Å². The number of allylic oxidation sites excluding steroid dienone is 6. The zero-order chi connectivity index (χ0) is 19.2. The lowest BCUT2D eigenvalue weighted by Crippen LogP contribution is -2.25. The molecule has 0 saturated carbocycles. The van der Waals surface area contributed by atoms with Crippen LogP contribution in [0.3, 0.4) is 0 Å². The van der Waals surface area contributed by atoms with Crippen molar-refractivity contribution in [3.63, 3.8) is 0 Å². The first-order valence-corrected chi connectivity index (χ1v) is 10.6. The van der Waals surface area contributed by atoms with E-state index >= 15 is 0 Å². The van der Waals surface area contributed by atoms with E-state index in [9.17, 15) is 0 Å². The third kappa shape index (κ3) is 2.97. The van der Waals surface area contributed by atoms with Gasteiger partial charge in [-0.1, -0.05) is 81.1 Å². The van der Waals surface area contributed by atoms with Crippen LogP contribution in [-0.4, -0.2) is 0 Å². The lowest BCUT2D eigenvalue weighted by molar-refractivity contribution is 0.418. The van der Waals surface area contributed by atoms with Crippen molar-refractivity contribution in [2.45, 2.75) is 32.6 Å². The summed E-state index contributed by atoms with van der Waals surface area (Å²) in [5.41, 5.74) is 10.0. The smallest absolute Gasteiger partial charge is 0.0165 e. The van der Waals surface area contributed by atoms with E-state index in [0.717, 1.165) is 6.42 Å². The predicted octanol–water partition coefficient (Wildman–Crippen LogP) is 7.58. The Labute approximate surface area is 176 Å². The third-order valence-electron chi connectivity index (χ3n) is 6.26. The molecule has 136 valence electrons. The highest BCUT2D eigenvalue weighted by Gasteiger charge is 2.43. The van der Waals surface area contributed by atoms with Crippen LogP contribution in [0, 0.1) is 16.4 Å². The normalized spacial score (nSPS) is 20.1. The van der Waals surface area contributed by atoms with Gasteiger partial charge in [-0.3, -0.25) is 0 Å².